The van der Waals surface area contributed by atoms with Crippen molar-refractivity contribution in [3.8, 4) is 5.75 Å². The number of hydrogen-bond donors (Lipinski definition) is 2. The van der Waals surface area contributed by atoms with Crippen molar-refractivity contribution in [2.45, 2.75) is 32.2 Å². The van der Waals surface area contributed by atoms with Gasteiger partial charge in [0.05, 0.1) is 17.9 Å². The highest BCUT2D eigenvalue weighted by molar-refractivity contribution is 6.05. The monoisotopic (exact) mass is 488 g/mol. The first-order chi connectivity index (χ1) is 16.6. The van der Waals surface area contributed by atoms with Crippen molar-refractivity contribution >= 4 is 29.9 Å². The zero-order valence-electron chi connectivity index (χ0n) is 19.5. The fraction of sp³-hybridized carbons (Fsp3) is 0.360. The lowest BCUT2D eigenvalue weighted by Gasteiger charge is -2.44. The van der Waals surface area contributed by atoms with E-state index in [1.54, 1.807) is 36.2 Å². The molecule has 2 aromatic rings. The molecule has 3 atom stereocenters. The first kappa shape index (κ1) is 25.9. The van der Waals surface area contributed by atoms with E-state index in [0.29, 0.717) is 17.7 Å². The summed E-state index contributed by atoms with van der Waals surface area (Å²) in [5.41, 5.74) is 0.964. The zero-order valence-corrected chi connectivity index (χ0v) is 19.5. The molecule has 0 spiro atoms. The number of benzene rings is 2. The van der Waals surface area contributed by atoms with Crippen molar-refractivity contribution in [1.29, 1.82) is 5.41 Å². The van der Waals surface area contributed by atoms with Crippen LogP contribution in [0.4, 0.5) is 18.9 Å². The van der Waals surface area contributed by atoms with Crippen molar-refractivity contribution in [2.75, 3.05) is 18.9 Å². The van der Waals surface area contributed by atoms with Crippen LogP contribution in [0.5, 0.6) is 5.75 Å². The molecule has 0 radical (unpaired) electrons. The predicted molar refractivity (Wildman–Crippen MR) is 127 cm³/mol. The number of rotatable bonds is 8. The highest BCUT2D eigenvalue weighted by Gasteiger charge is 2.46. The fourth-order valence-corrected chi connectivity index (χ4v) is 4.33. The summed E-state index contributed by atoms with van der Waals surface area (Å²) in [4.78, 5) is 32.7. The molecule has 35 heavy (non-hydrogen) atoms. The molecule has 0 saturated heterocycles. The maximum Gasteiger partial charge on any atom is 0.573 e. The molecule has 0 saturated carbocycles. The lowest BCUT2D eigenvalue weighted by molar-refractivity contribution is -0.274. The molecule has 0 aromatic heterocycles. The van der Waals surface area contributed by atoms with Crippen LogP contribution >= 0.6 is 0 Å². The number of halogens is 3. The van der Waals surface area contributed by atoms with Gasteiger partial charge < -0.3 is 25.4 Å². The Morgan fingerprint density at radius 3 is 2.57 bits per heavy atom. The number of alkyl halides is 3. The number of carbonyl (C=O) groups is 2. The number of nitrogens with one attached hydrogen (secondary N) is 2. The van der Waals surface area contributed by atoms with Gasteiger partial charge in [-0.15, -0.1) is 13.2 Å². The molecule has 1 aliphatic heterocycles. The van der Waals surface area contributed by atoms with Crippen molar-refractivity contribution < 1.29 is 27.5 Å². The first-order valence-corrected chi connectivity index (χ1v) is 11.0. The molecule has 1 heterocycles. The predicted octanol–water partition coefficient (Wildman–Crippen LogP) is 4.75. The molecule has 0 fully saturated rings. The van der Waals surface area contributed by atoms with Crippen molar-refractivity contribution in [3.63, 3.8) is 0 Å². The van der Waals surface area contributed by atoms with Crippen molar-refractivity contribution in [2.24, 2.45) is 16.8 Å². The van der Waals surface area contributed by atoms with Gasteiger partial charge in [0.1, 0.15) is 5.75 Å². The summed E-state index contributed by atoms with van der Waals surface area (Å²) in [5.74, 6) is -2.73. The molecule has 2 N–H and O–H groups in total. The van der Waals surface area contributed by atoms with Gasteiger partial charge in [0, 0.05) is 43.3 Å². The smallest absolute Gasteiger partial charge is 0.406 e. The van der Waals surface area contributed by atoms with E-state index in [4.69, 9.17) is 5.41 Å². The number of carbonyl (C=O) groups excluding carboxylic acids is 2. The highest BCUT2D eigenvalue weighted by atomic mass is 19.4. The first-order valence-electron chi connectivity index (χ1n) is 11.0. The van der Waals surface area contributed by atoms with Gasteiger partial charge in [0.2, 0.25) is 5.91 Å². The molecule has 2 aromatic carbocycles. The van der Waals surface area contributed by atoms with Crippen LogP contribution in [0.2, 0.25) is 0 Å². The average molecular weight is 489 g/mol. The third-order valence-electron chi connectivity index (χ3n) is 5.58. The second kappa shape index (κ2) is 10.7. The van der Waals surface area contributed by atoms with E-state index >= 15 is 0 Å². The summed E-state index contributed by atoms with van der Waals surface area (Å²) in [6, 6.07) is 11.0. The molecule has 1 aliphatic rings. The van der Waals surface area contributed by atoms with Gasteiger partial charge in [-0.05, 0) is 29.7 Å². The Hall–Kier alpha value is -3.69. The molecule has 1 unspecified atom stereocenters. The third-order valence-corrected chi connectivity index (χ3v) is 5.58. The van der Waals surface area contributed by atoms with Crippen LogP contribution in [0.3, 0.4) is 0 Å². The summed E-state index contributed by atoms with van der Waals surface area (Å²) in [5, 5.41) is 10.7. The van der Waals surface area contributed by atoms with Crippen LogP contribution in [-0.4, -0.2) is 55.1 Å². The molecule has 2 amide bonds. The SMILES string of the molecule is CN=CC(C=N)[C@@H]1[C@@H](C(=O)Nc2cccc(OC(F)(F)F)c2)c2ccccc2C(=O)N1CC(C)C. The fourth-order valence-electron chi connectivity index (χ4n) is 4.33. The van der Waals surface area contributed by atoms with Crippen LogP contribution in [0.1, 0.15) is 35.7 Å². The van der Waals surface area contributed by atoms with Gasteiger partial charge in [-0.25, -0.2) is 0 Å². The Labute approximate surface area is 201 Å². The second-order valence-corrected chi connectivity index (χ2v) is 8.62. The topological polar surface area (TPSA) is 94.9 Å². The molecule has 3 rings (SSSR count). The Balaban J connectivity index is 2.07. The molecular weight excluding hydrogens is 461 g/mol. The number of nitrogens with zero attached hydrogens (tertiary/aromatic N) is 2. The maximum absolute atomic E-state index is 13.7. The largest absolute Gasteiger partial charge is 0.573 e. The van der Waals surface area contributed by atoms with Crippen LogP contribution < -0.4 is 10.1 Å². The lowest BCUT2D eigenvalue weighted by Crippen LogP contribution is -2.56. The second-order valence-electron chi connectivity index (χ2n) is 8.62. The van der Waals surface area contributed by atoms with Gasteiger partial charge in [0.15, 0.2) is 0 Å². The van der Waals surface area contributed by atoms with E-state index in [9.17, 15) is 22.8 Å². The van der Waals surface area contributed by atoms with Gasteiger partial charge in [0.25, 0.3) is 5.91 Å². The standard InChI is InChI=1S/C25H27F3N4O3/c1-15(2)14-32-22(16(12-29)13-30-3)21(19-9-4-5-10-20(19)24(32)34)23(33)31-17-7-6-8-18(11-17)35-25(26,27)28/h4-13,15-16,21-22,29H,14H2,1-3H3,(H,31,33)/t16?,21-,22+/m0/s1. The number of anilines is 1. The van der Waals surface area contributed by atoms with Gasteiger partial charge in [-0.3, -0.25) is 9.59 Å². The van der Waals surface area contributed by atoms with E-state index in [1.165, 1.54) is 18.3 Å². The van der Waals surface area contributed by atoms with Crippen LogP contribution in [0.15, 0.2) is 53.5 Å². The summed E-state index contributed by atoms with van der Waals surface area (Å²) in [6.45, 7) is 4.23. The van der Waals surface area contributed by atoms with E-state index in [0.717, 1.165) is 18.3 Å². The summed E-state index contributed by atoms with van der Waals surface area (Å²) in [7, 11) is 1.54. The Bertz CT molecular complexity index is 1120. The van der Waals surface area contributed by atoms with E-state index in [2.05, 4.69) is 15.0 Å². The summed E-state index contributed by atoms with van der Waals surface area (Å²) < 4.78 is 41.9. The van der Waals surface area contributed by atoms with E-state index < -0.39 is 35.9 Å². The van der Waals surface area contributed by atoms with E-state index in [-0.39, 0.29) is 17.5 Å². The number of ether oxygens (including phenoxy) is 1. The van der Waals surface area contributed by atoms with E-state index in [1.807, 2.05) is 13.8 Å². The normalized spacial score (nSPS) is 18.9. The highest BCUT2D eigenvalue weighted by Crippen LogP contribution is 2.38. The quantitative estimate of drug-likeness (QED) is 0.525. The molecule has 7 nitrogen and oxygen atoms in total. The number of hydrogen-bond acceptors (Lipinski definition) is 5. The number of amides is 2. The maximum atomic E-state index is 13.7. The van der Waals surface area contributed by atoms with Gasteiger partial charge in [-0.1, -0.05) is 38.1 Å². The zero-order chi connectivity index (χ0) is 25.8. The van der Waals surface area contributed by atoms with Crippen molar-refractivity contribution in [1.82, 2.24) is 4.90 Å². The molecular formula is C25H27F3N4O3. The average Bonchev–Trinajstić information content (AvgIpc) is 2.78. The molecule has 0 bridgehead atoms. The third kappa shape index (κ3) is 6.06. The Kier molecular flexibility index (Phi) is 7.93. The number of aliphatic imine (C=N–C) groups is 1. The molecule has 0 aliphatic carbocycles. The van der Waals surface area contributed by atoms with Crippen molar-refractivity contribution in [3.05, 3.63) is 59.7 Å². The lowest BCUT2D eigenvalue weighted by atomic mass is 9.76. The Morgan fingerprint density at radius 1 is 1.23 bits per heavy atom. The van der Waals surface area contributed by atoms with Crippen LogP contribution in [-0.2, 0) is 4.79 Å². The van der Waals surface area contributed by atoms with Gasteiger partial charge >= 0.3 is 6.36 Å². The molecule has 186 valence electrons. The minimum absolute atomic E-state index is 0.0802. The Morgan fingerprint density at radius 2 is 1.94 bits per heavy atom. The van der Waals surface area contributed by atoms with Crippen LogP contribution in [0.25, 0.3) is 0 Å². The number of fused-ring (bicyclic) bond motifs is 1. The summed E-state index contributed by atoms with van der Waals surface area (Å²) >= 11 is 0. The molecule has 10 heteroatoms. The van der Waals surface area contributed by atoms with Crippen LogP contribution in [0, 0.1) is 17.2 Å². The minimum Gasteiger partial charge on any atom is -0.406 e. The summed E-state index contributed by atoms with van der Waals surface area (Å²) in [6.07, 6.45) is -2.21. The van der Waals surface area contributed by atoms with Gasteiger partial charge in [-0.2, -0.15) is 0 Å². The minimum atomic E-state index is -4.87.